The van der Waals surface area contributed by atoms with Crippen LogP contribution < -0.4 is 9.03 Å². The van der Waals surface area contributed by atoms with Crippen LogP contribution in [0.5, 0.6) is 0 Å². The van der Waals surface area contributed by atoms with Crippen LogP contribution in [0.15, 0.2) is 30.9 Å². The quantitative estimate of drug-likeness (QED) is 0.821. The van der Waals surface area contributed by atoms with Crippen molar-refractivity contribution in [3.8, 4) is 0 Å². The van der Waals surface area contributed by atoms with Crippen molar-refractivity contribution in [2.45, 2.75) is 6.42 Å². The summed E-state index contributed by atoms with van der Waals surface area (Å²) in [5.41, 5.74) is 0.548. The van der Waals surface area contributed by atoms with Crippen molar-refractivity contribution >= 4 is 43.0 Å². The third kappa shape index (κ3) is 3.69. The van der Waals surface area contributed by atoms with Gasteiger partial charge in [0.2, 0.25) is 20.0 Å². The average Bonchev–Trinajstić information content (AvgIpc) is 2.71. The van der Waals surface area contributed by atoms with E-state index in [2.05, 4.69) is 11.3 Å². The lowest BCUT2D eigenvalue weighted by atomic mass is 10.3. The number of anilines is 2. The second-order valence-corrected chi connectivity index (χ2v) is 8.77. The van der Waals surface area contributed by atoms with Crippen molar-refractivity contribution in [2.24, 2.45) is 0 Å². The van der Waals surface area contributed by atoms with Gasteiger partial charge in [-0.2, -0.15) is 0 Å². The van der Waals surface area contributed by atoms with Gasteiger partial charge in [-0.15, -0.1) is 6.58 Å². The zero-order chi connectivity index (χ0) is 15.7. The lowest BCUT2D eigenvalue weighted by molar-refractivity contribution is 0.599. The number of hydrogen-bond donors (Lipinski definition) is 1. The van der Waals surface area contributed by atoms with E-state index in [1.165, 1.54) is 28.6 Å². The van der Waals surface area contributed by atoms with Crippen molar-refractivity contribution in [3.63, 3.8) is 0 Å². The molecule has 0 bridgehead atoms. The van der Waals surface area contributed by atoms with E-state index in [9.17, 15) is 16.8 Å². The lowest BCUT2D eigenvalue weighted by Crippen LogP contribution is -2.25. The van der Waals surface area contributed by atoms with Crippen LogP contribution in [0.2, 0.25) is 5.02 Å². The molecule has 2 rings (SSSR count). The molecule has 116 valence electrons. The molecule has 0 unspecified atom stereocenters. The Morgan fingerprint density at radius 3 is 2.71 bits per heavy atom. The fourth-order valence-electron chi connectivity index (χ4n) is 2.05. The molecular weight excluding hydrogens is 336 g/mol. The van der Waals surface area contributed by atoms with Gasteiger partial charge in [-0.1, -0.05) is 17.7 Å². The summed E-state index contributed by atoms with van der Waals surface area (Å²) in [5.74, 6) is -0.164. The first-order valence-corrected chi connectivity index (χ1v) is 9.80. The minimum atomic E-state index is -3.55. The first kappa shape index (κ1) is 16.1. The largest absolute Gasteiger partial charge is 0.283 e. The Bertz CT molecular complexity index is 759. The number of rotatable bonds is 5. The Balaban J connectivity index is 2.36. The lowest BCUT2D eigenvalue weighted by Gasteiger charge is -2.19. The molecule has 1 aliphatic rings. The Kier molecular flexibility index (Phi) is 4.50. The highest BCUT2D eigenvalue weighted by Crippen LogP contribution is 2.33. The van der Waals surface area contributed by atoms with Gasteiger partial charge in [-0.3, -0.25) is 9.03 Å². The molecule has 9 heteroatoms. The minimum absolute atomic E-state index is 0.0652. The molecule has 21 heavy (non-hydrogen) atoms. The van der Waals surface area contributed by atoms with Gasteiger partial charge in [0.1, 0.15) is 0 Å². The Hall–Kier alpha value is -1.25. The van der Waals surface area contributed by atoms with Crippen LogP contribution in [0, 0.1) is 0 Å². The maximum Gasteiger partial charge on any atom is 0.236 e. The summed E-state index contributed by atoms with van der Waals surface area (Å²) < 4.78 is 50.8. The molecule has 1 aliphatic heterocycles. The maximum atomic E-state index is 11.9. The topological polar surface area (TPSA) is 83.6 Å². The maximum absolute atomic E-state index is 11.9. The van der Waals surface area contributed by atoms with Crippen molar-refractivity contribution < 1.29 is 16.8 Å². The molecule has 1 aromatic carbocycles. The van der Waals surface area contributed by atoms with Crippen LogP contribution in [0.1, 0.15) is 6.42 Å². The summed E-state index contributed by atoms with van der Waals surface area (Å²) >= 11 is 6.04. The second kappa shape index (κ2) is 5.86. The van der Waals surface area contributed by atoms with E-state index in [1.54, 1.807) is 0 Å². The SMILES string of the molecule is C=CCS(=O)(=O)Nc1ccc(Cl)c(N2CCCS2(=O)=O)c1. The van der Waals surface area contributed by atoms with Crippen LogP contribution in [-0.2, 0) is 20.0 Å². The molecule has 0 saturated carbocycles. The molecule has 0 radical (unpaired) electrons. The summed E-state index contributed by atoms with van der Waals surface area (Å²) in [5, 5.41) is 0.257. The van der Waals surface area contributed by atoms with Gasteiger partial charge in [0.15, 0.2) is 0 Å². The van der Waals surface area contributed by atoms with Gasteiger partial charge in [0, 0.05) is 6.54 Å². The summed E-state index contributed by atoms with van der Waals surface area (Å²) in [6, 6.07) is 4.37. The molecule has 0 aliphatic carbocycles. The zero-order valence-electron chi connectivity index (χ0n) is 11.1. The van der Waals surface area contributed by atoms with E-state index in [4.69, 9.17) is 11.6 Å². The van der Waals surface area contributed by atoms with Crippen molar-refractivity contribution in [3.05, 3.63) is 35.9 Å². The van der Waals surface area contributed by atoms with Crippen LogP contribution >= 0.6 is 11.6 Å². The average molecular weight is 351 g/mol. The fraction of sp³-hybridized carbons (Fsp3) is 0.333. The minimum Gasteiger partial charge on any atom is -0.283 e. The van der Waals surface area contributed by atoms with Crippen LogP contribution in [0.25, 0.3) is 0 Å². The number of sulfonamides is 2. The molecule has 1 heterocycles. The predicted octanol–water partition coefficient (Wildman–Crippen LogP) is 1.81. The number of nitrogens with one attached hydrogen (secondary N) is 1. The second-order valence-electron chi connectivity index (χ2n) is 4.58. The first-order valence-electron chi connectivity index (χ1n) is 6.16. The molecule has 1 saturated heterocycles. The van der Waals surface area contributed by atoms with Crippen molar-refractivity contribution in [1.29, 1.82) is 0 Å². The molecule has 0 aromatic heterocycles. The Labute approximate surface area is 129 Å². The molecular formula is C12H15ClN2O4S2. The predicted molar refractivity (Wildman–Crippen MR) is 84.8 cm³/mol. The molecule has 0 amide bonds. The molecule has 0 spiro atoms. The van der Waals surface area contributed by atoms with E-state index >= 15 is 0 Å². The molecule has 0 atom stereocenters. The number of benzene rings is 1. The van der Waals surface area contributed by atoms with E-state index in [-0.39, 0.29) is 27.9 Å². The standard InChI is InChI=1S/C12H15ClN2O4S2/c1-2-7-20(16,17)14-10-4-5-11(13)12(9-10)15-6-3-8-21(15,18)19/h2,4-5,9,14H,1,3,6-8H2. The zero-order valence-corrected chi connectivity index (χ0v) is 13.5. The summed E-state index contributed by atoms with van der Waals surface area (Å²) in [4.78, 5) is 0. The van der Waals surface area contributed by atoms with E-state index in [0.29, 0.717) is 13.0 Å². The third-order valence-electron chi connectivity index (χ3n) is 2.92. The van der Waals surface area contributed by atoms with E-state index in [1.807, 2.05) is 0 Å². The Morgan fingerprint density at radius 1 is 1.43 bits per heavy atom. The molecule has 1 aromatic rings. The Morgan fingerprint density at radius 2 is 2.14 bits per heavy atom. The molecule has 1 N–H and O–H groups in total. The van der Waals surface area contributed by atoms with Crippen molar-refractivity contribution in [1.82, 2.24) is 0 Å². The van der Waals surface area contributed by atoms with Gasteiger partial charge in [-0.25, -0.2) is 16.8 Å². The van der Waals surface area contributed by atoms with Crippen LogP contribution in [0.3, 0.4) is 0 Å². The van der Waals surface area contributed by atoms with Crippen LogP contribution in [0.4, 0.5) is 11.4 Å². The van der Waals surface area contributed by atoms with Gasteiger partial charge in [0.05, 0.1) is 27.9 Å². The highest BCUT2D eigenvalue weighted by atomic mass is 35.5. The smallest absolute Gasteiger partial charge is 0.236 e. The normalized spacial score (nSPS) is 17.7. The highest BCUT2D eigenvalue weighted by Gasteiger charge is 2.30. The van der Waals surface area contributed by atoms with Gasteiger partial charge >= 0.3 is 0 Å². The van der Waals surface area contributed by atoms with Gasteiger partial charge in [-0.05, 0) is 24.6 Å². The fourth-order valence-corrected chi connectivity index (χ4v) is 4.78. The highest BCUT2D eigenvalue weighted by molar-refractivity contribution is 7.93. The van der Waals surface area contributed by atoms with Crippen molar-refractivity contribution in [2.75, 3.05) is 27.1 Å². The van der Waals surface area contributed by atoms with E-state index in [0.717, 1.165) is 0 Å². The molecule has 1 fully saturated rings. The first-order chi connectivity index (χ1) is 9.75. The molecule has 6 nitrogen and oxygen atoms in total. The number of nitrogens with zero attached hydrogens (tertiary/aromatic N) is 1. The van der Waals surface area contributed by atoms with E-state index < -0.39 is 20.0 Å². The summed E-state index contributed by atoms with van der Waals surface area (Å²) in [6.07, 6.45) is 1.79. The number of hydrogen-bond acceptors (Lipinski definition) is 4. The number of halogens is 1. The third-order valence-corrected chi connectivity index (χ3v) is 6.32. The van der Waals surface area contributed by atoms with Gasteiger partial charge < -0.3 is 0 Å². The van der Waals surface area contributed by atoms with Gasteiger partial charge in [0.25, 0.3) is 0 Å². The van der Waals surface area contributed by atoms with Crippen LogP contribution in [-0.4, -0.2) is 34.9 Å². The monoisotopic (exact) mass is 350 g/mol. The summed E-state index contributed by atoms with van der Waals surface area (Å²) in [7, 11) is -6.92. The summed E-state index contributed by atoms with van der Waals surface area (Å²) in [6.45, 7) is 3.71.